The molecule has 0 aliphatic heterocycles. The highest BCUT2D eigenvalue weighted by atomic mass is 16.3. The van der Waals surface area contributed by atoms with Crippen molar-refractivity contribution in [2.24, 2.45) is 0 Å². The van der Waals surface area contributed by atoms with Gasteiger partial charge in [0.25, 0.3) is 0 Å². The van der Waals surface area contributed by atoms with Crippen molar-refractivity contribution >= 4 is 28.8 Å². The second-order valence-electron chi connectivity index (χ2n) is 6.33. The van der Waals surface area contributed by atoms with Gasteiger partial charge < -0.3 is 15.4 Å². The number of benzene rings is 1. The predicted octanol–water partition coefficient (Wildman–Crippen LogP) is 3.11. The van der Waals surface area contributed by atoms with Gasteiger partial charge in [-0.3, -0.25) is 15.1 Å². The van der Waals surface area contributed by atoms with Crippen LogP contribution in [0.1, 0.15) is 36.5 Å². The van der Waals surface area contributed by atoms with Gasteiger partial charge in [0.15, 0.2) is 5.78 Å². The van der Waals surface area contributed by atoms with Gasteiger partial charge in [0.1, 0.15) is 0 Å². The second-order valence-corrected chi connectivity index (χ2v) is 6.33. The van der Waals surface area contributed by atoms with Crippen LogP contribution >= 0.6 is 0 Å². The number of rotatable bonds is 8. The first-order chi connectivity index (χ1) is 13.6. The van der Waals surface area contributed by atoms with Crippen molar-refractivity contribution in [2.75, 3.05) is 18.5 Å². The van der Waals surface area contributed by atoms with E-state index in [1.54, 1.807) is 12.4 Å². The fraction of sp³-hybridized carbons (Fsp3) is 0.300. The molecule has 0 fully saturated rings. The number of carbonyl (C=O) groups is 2. The second kappa shape index (κ2) is 9.09. The molecule has 0 aliphatic carbocycles. The molecule has 3 aromatic rings. The van der Waals surface area contributed by atoms with Crippen molar-refractivity contribution in [1.29, 1.82) is 0 Å². The Balaban J connectivity index is 2.02. The lowest BCUT2D eigenvalue weighted by atomic mass is 9.98. The van der Waals surface area contributed by atoms with E-state index in [0.29, 0.717) is 42.4 Å². The molecule has 0 aliphatic rings. The summed E-state index contributed by atoms with van der Waals surface area (Å²) in [4.78, 5) is 36.2. The van der Waals surface area contributed by atoms with E-state index >= 15 is 0 Å². The number of carbonyl (C=O) groups excluding carboxylic acids is 2. The number of aliphatic hydroxyl groups excluding tert-OH is 1. The number of ketones is 1. The first kappa shape index (κ1) is 19.5. The van der Waals surface area contributed by atoms with Crippen molar-refractivity contribution in [3.05, 3.63) is 42.2 Å². The van der Waals surface area contributed by atoms with E-state index in [2.05, 4.69) is 25.6 Å². The van der Waals surface area contributed by atoms with Crippen LogP contribution in [-0.2, 0) is 0 Å². The Morgan fingerprint density at radius 2 is 2.07 bits per heavy atom. The highest BCUT2D eigenvalue weighted by molar-refractivity contribution is 6.08. The SMILES string of the molecule is CCNC(=O)Nc1nc2cc(-c3cccnc3)cc(C(=O)CCCCO)c2[nH]1. The number of urea groups is 1. The molecule has 1 aromatic carbocycles. The van der Waals surface area contributed by atoms with Gasteiger partial charge in [-0.2, -0.15) is 0 Å². The number of Topliss-reactive ketones (excluding diaryl/α,β-unsaturated/α-hetero) is 1. The van der Waals surface area contributed by atoms with Crippen LogP contribution in [0, 0.1) is 0 Å². The maximum Gasteiger partial charge on any atom is 0.321 e. The van der Waals surface area contributed by atoms with Crippen LogP contribution in [0.15, 0.2) is 36.7 Å². The maximum absolute atomic E-state index is 12.8. The minimum atomic E-state index is -0.370. The van der Waals surface area contributed by atoms with Crippen LogP contribution in [0.3, 0.4) is 0 Å². The predicted molar refractivity (Wildman–Crippen MR) is 107 cm³/mol. The Morgan fingerprint density at radius 1 is 1.21 bits per heavy atom. The van der Waals surface area contributed by atoms with Crippen molar-refractivity contribution in [3.8, 4) is 11.1 Å². The summed E-state index contributed by atoms with van der Waals surface area (Å²) in [6, 6.07) is 7.04. The Labute approximate surface area is 162 Å². The third-order valence-electron chi connectivity index (χ3n) is 4.27. The fourth-order valence-corrected chi connectivity index (χ4v) is 2.94. The summed E-state index contributed by atoms with van der Waals surface area (Å²) in [6.45, 7) is 2.37. The molecule has 3 rings (SSSR count). The van der Waals surface area contributed by atoms with Crippen molar-refractivity contribution in [1.82, 2.24) is 20.3 Å². The number of aromatic amines is 1. The third-order valence-corrected chi connectivity index (χ3v) is 4.27. The monoisotopic (exact) mass is 381 g/mol. The number of aromatic nitrogens is 3. The molecule has 2 aromatic heterocycles. The summed E-state index contributed by atoms with van der Waals surface area (Å²) >= 11 is 0. The molecule has 4 N–H and O–H groups in total. The molecule has 146 valence electrons. The van der Waals surface area contributed by atoms with Gasteiger partial charge in [-0.15, -0.1) is 0 Å². The highest BCUT2D eigenvalue weighted by Crippen LogP contribution is 2.28. The number of nitrogens with one attached hydrogen (secondary N) is 3. The number of aliphatic hydroxyl groups is 1. The summed E-state index contributed by atoms with van der Waals surface area (Å²) in [7, 11) is 0. The van der Waals surface area contributed by atoms with Crippen LogP contribution in [0.25, 0.3) is 22.2 Å². The third kappa shape index (κ3) is 4.52. The van der Waals surface area contributed by atoms with E-state index in [9.17, 15) is 9.59 Å². The van der Waals surface area contributed by atoms with Gasteiger partial charge >= 0.3 is 6.03 Å². The number of pyridine rings is 1. The normalized spacial score (nSPS) is 10.8. The molecule has 0 atom stereocenters. The smallest absolute Gasteiger partial charge is 0.321 e. The summed E-state index contributed by atoms with van der Waals surface area (Å²) in [5.74, 6) is 0.228. The zero-order valence-corrected chi connectivity index (χ0v) is 15.7. The van der Waals surface area contributed by atoms with Gasteiger partial charge in [0, 0.05) is 43.1 Å². The van der Waals surface area contributed by atoms with E-state index in [0.717, 1.165) is 11.1 Å². The zero-order valence-electron chi connectivity index (χ0n) is 15.7. The summed E-state index contributed by atoms with van der Waals surface area (Å²) < 4.78 is 0. The molecule has 2 heterocycles. The summed E-state index contributed by atoms with van der Waals surface area (Å²) in [5, 5.41) is 14.2. The van der Waals surface area contributed by atoms with Crippen LogP contribution < -0.4 is 10.6 Å². The van der Waals surface area contributed by atoms with Crippen molar-refractivity contribution in [2.45, 2.75) is 26.2 Å². The molecule has 2 amide bonds. The minimum absolute atomic E-state index is 0.0441. The number of imidazole rings is 1. The average Bonchev–Trinajstić information content (AvgIpc) is 3.10. The van der Waals surface area contributed by atoms with Crippen LogP contribution in [0.2, 0.25) is 0 Å². The van der Waals surface area contributed by atoms with Gasteiger partial charge in [-0.1, -0.05) is 6.07 Å². The van der Waals surface area contributed by atoms with E-state index in [4.69, 9.17) is 5.11 Å². The van der Waals surface area contributed by atoms with Crippen LogP contribution in [-0.4, -0.2) is 45.0 Å². The Morgan fingerprint density at radius 3 is 2.79 bits per heavy atom. The molecule has 8 heteroatoms. The summed E-state index contributed by atoms with van der Waals surface area (Å²) in [5.41, 5.74) is 3.36. The largest absolute Gasteiger partial charge is 0.396 e. The number of nitrogens with zero attached hydrogens (tertiary/aromatic N) is 2. The van der Waals surface area contributed by atoms with E-state index in [1.165, 1.54) is 0 Å². The molecule has 0 unspecified atom stereocenters. The molecule has 0 saturated heterocycles. The molecule has 0 saturated carbocycles. The van der Waals surface area contributed by atoms with E-state index < -0.39 is 0 Å². The lowest BCUT2D eigenvalue weighted by Gasteiger charge is -2.07. The topological polar surface area (TPSA) is 120 Å². The number of amides is 2. The molecule has 0 spiro atoms. The van der Waals surface area contributed by atoms with Gasteiger partial charge in [-0.05, 0) is 43.5 Å². The number of fused-ring (bicyclic) bond motifs is 1. The van der Waals surface area contributed by atoms with E-state index in [1.807, 2.05) is 31.2 Å². The lowest BCUT2D eigenvalue weighted by Crippen LogP contribution is -2.28. The first-order valence-corrected chi connectivity index (χ1v) is 9.25. The Kier molecular flexibility index (Phi) is 6.33. The van der Waals surface area contributed by atoms with Crippen LogP contribution in [0.5, 0.6) is 0 Å². The number of hydrogen-bond donors (Lipinski definition) is 4. The molecule has 0 bridgehead atoms. The molecule has 8 nitrogen and oxygen atoms in total. The highest BCUT2D eigenvalue weighted by Gasteiger charge is 2.17. The molecule has 0 radical (unpaired) electrons. The van der Waals surface area contributed by atoms with E-state index in [-0.39, 0.29) is 24.4 Å². The number of anilines is 1. The minimum Gasteiger partial charge on any atom is -0.396 e. The van der Waals surface area contributed by atoms with Crippen LogP contribution in [0.4, 0.5) is 10.7 Å². The first-order valence-electron chi connectivity index (χ1n) is 9.25. The Bertz CT molecular complexity index is 969. The van der Waals surface area contributed by atoms with Gasteiger partial charge in [-0.25, -0.2) is 9.78 Å². The standard InChI is InChI=1S/C20H23N5O3/c1-2-22-20(28)25-19-23-16-11-14(13-6-5-8-21-12-13)10-15(18(16)24-19)17(27)7-3-4-9-26/h5-6,8,10-12,26H,2-4,7,9H2,1H3,(H3,22,23,24,25,28). The molecule has 28 heavy (non-hydrogen) atoms. The fourth-order valence-electron chi connectivity index (χ4n) is 2.94. The van der Waals surface area contributed by atoms with Crippen molar-refractivity contribution in [3.63, 3.8) is 0 Å². The van der Waals surface area contributed by atoms with Gasteiger partial charge in [0.05, 0.1) is 11.0 Å². The number of H-pyrrole nitrogens is 1. The quantitative estimate of drug-likeness (QED) is 0.353. The molecular formula is C20H23N5O3. The number of hydrogen-bond acceptors (Lipinski definition) is 5. The summed E-state index contributed by atoms with van der Waals surface area (Å²) in [6.07, 6.45) is 4.91. The lowest BCUT2D eigenvalue weighted by molar-refractivity contribution is 0.0979. The molecular weight excluding hydrogens is 358 g/mol. The maximum atomic E-state index is 12.8. The van der Waals surface area contributed by atoms with Crippen molar-refractivity contribution < 1.29 is 14.7 Å². The van der Waals surface area contributed by atoms with Gasteiger partial charge in [0.2, 0.25) is 5.95 Å². The average molecular weight is 381 g/mol. The Hall–Kier alpha value is -3.26. The number of unbranched alkanes of at least 4 members (excludes halogenated alkanes) is 1. The zero-order chi connectivity index (χ0) is 19.9.